The fraction of sp³-hybridized carbons (Fsp3) is 0.117. The Kier molecular flexibility index (Phi) is 33.1. The Morgan fingerprint density at radius 1 is 0.455 bits per heavy atom. The first-order valence-electron chi connectivity index (χ1n) is 37.7. The zero-order valence-corrected chi connectivity index (χ0v) is 72.6. The van der Waals surface area contributed by atoms with Gasteiger partial charge in [0.15, 0.2) is 17.3 Å². The van der Waals surface area contributed by atoms with Gasteiger partial charge in [0.2, 0.25) is 5.91 Å². The van der Waals surface area contributed by atoms with Crippen LogP contribution in [0.5, 0.6) is 17.2 Å². The number of nitriles is 1. The molecule has 0 saturated heterocycles. The number of amidine groups is 1. The zero-order chi connectivity index (χ0) is 87.8. The highest BCUT2D eigenvalue weighted by atomic mass is 35.5. The summed E-state index contributed by atoms with van der Waals surface area (Å²) in [7, 11) is 1.55. The Bertz CT molecular complexity index is 5990. The van der Waals surface area contributed by atoms with E-state index in [2.05, 4.69) is 41.2 Å². The SMILES string of the molecule is CCOc1cc(C(=O)N[C@@H](c2ccc(Cl)c(Cl)c2)c2ccc(Cl)cn2)ccc1OC.N#Cc1cc(C(=O)N[C@@H](c2ccc(Cl)c(Cl)c2)c2ccc(Cl)cn2)ccc1O.NC(=NC(=O)C(NC(=O)C(c1ccccc1)c1ccccc1)c1ccc(Cl)cc1)c1ccccc1.O=C(N[C@@H](c1ccc(Cl)c(Cl)c1)c1ccc(Cl)cn1)c1ccc2c(c1)CCCC2=O. The largest absolute Gasteiger partial charge is 0.507 e. The third kappa shape index (κ3) is 25.0. The van der Waals surface area contributed by atoms with Crippen LogP contribution in [0, 0.1) is 11.3 Å². The van der Waals surface area contributed by atoms with Gasteiger partial charge in [-0.3, -0.25) is 43.7 Å². The molecule has 5 amide bonds. The summed E-state index contributed by atoms with van der Waals surface area (Å²) in [5, 5.41) is 34.8. The van der Waals surface area contributed by atoms with Crippen LogP contribution in [-0.4, -0.2) is 74.9 Å². The number of hydrogen-bond donors (Lipinski definition) is 6. The number of phenolic OH excluding ortho intramolecular Hbond substituents is 1. The van der Waals surface area contributed by atoms with Crippen LogP contribution in [0.2, 0.25) is 50.2 Å². The van der Waals surface area contributed by atoms with E-state index in [0.29, 0.717) is 125 Å². The number of nitrogens with one attached hydrogen (secondary N) is 4. The van der Waals surface area contributed by atoms with Crippen LogP contribution < -0.4 is 36.5 Å². The van der Waals surface area contributed by atoms with E-state index in [9.17, 15) is 33.9 Å². The highest BCUT2D eigenvalue weighted by Gasteiger charge is 2.31. The molecule has 13 aromatic rings. The molecule has 3 heterocycles. The number of nitrogens with zero attached hydrogens (tertiary/aromatic N) is 5. The van der Waals surface area contributed by atoms with Gasteiger partial charge in [-0.25, -0.2) is 0 Å². The molecule has 1 aliphatic rings. The molecule has 622 valence electrons. The molecule has 0 bridgehead atoms. The molecule has 29 heteroatoms. The number of aliphatic imine (C=N–C) groups is 1. The molecule has 0 saturated carbocycles. The summed E-state index contributed by atoms with van der Waals surface area (Å²) in [6, 6.07) is 73.5. The molecule has 7 N–H and O–H groups in total. The van der Waals surface area contributed by atoms with Crippen LogP contribution in [0.25, 0.3) is 0 Å². The van der Waals surface area contributed by atoms with Gasteiger partial charge < -0.3 is 41.6 Å². The number of carbonyl (C=O) groups is 6. The summed E-state index contributed by atoms with van der Waals surface area (Å²) >= 11 is 60.5. The van der Waals surface area contributed by atoms with E-state index >= 15 is 0 Å². The number of carbonyl (C=O) groups excluding carboxylic acids is 6. The predicted octanol–water partition coefficient (Wildman–Crippen LogP) is 22.4. The number of phenols is 1. The highest BCUT2D eigenvalue weighted by molar-refractivity contribution is 6.43. The van der Waals surface area contributed by atoms with Gasteiger partial charge in [0.05, 0.1) is 106 Å². The fourth-order valence-electron chi connectivity index (χ4n) is 12.8. The van der Waals surface area contributed by atoms with Crippen molar-refractivity contribution < 1.29 is 43.3 Å². The molecule has 3 aromatic heterocycles. The van der Waals surface area contributed by atoms with E-state index in [1.165, 1.54) is 36.8 Å². The highest BCUT2D eigenvalue weighted by Crippen LogP contribution is 2.36. The number of aryl methyl sites for hydroxylation is 1. The first-order valence-corrected chi connectivity index (χ1v) is 41.5. The number of halogens is 10. The lowest BCUT2D eigenvalue weighted by Crippen LogP contribution is -2.37. The van der Waals surface area contributed by atoms with E-state index in [0.717, 1.165) is 40.7 Å². The standard InChI is InChI=1S/C29H24ClN3O2.C23H17Cl3N2O2.C22H19Cl3N2O3.C20H12Cl3N3O2/c30-24-18-16-22(17-19-24)26(29(35)33-27(31)23-14-8-3-9-15-23)32-28(34)25(20-10-4-1-5-11-20)21-12-6-2-7-13-21;24-16-6-9-20(27-12-16)22(14-5-8-18(25)19(26)11-14)28-23(30)15-4-7-17-13(10-15)2-1-3-21(17)29;1-3-30-20-11-14(5-9-19(20)29-2)22(28)27-21(18-8-6-15(23)12-26-18)13-4-7-16(24)17(25)10-13;21-14-3-5-17(25-10-14)19(11-1-4-15(22)16(23)8-11)26-20(28)12-2-6-18(27)13(7-12)9-24/h1-19,25-26H,(H,32,34)(H2,31,33,35);4-12,22H,1-3H2,(H,28,30);4-12,21H,3H2,1-2H3,(H,27,28);1-8,10,19,27H,(H,26,28)/t;22-;21-;19-/m.000/s1. The molecule has 1 aliphatic carbocycles. The first kappa shape index (κ1) is 91.9. The van der Waals surface area contributed by atoms with Gasteiger partial charge in [-0.2, -0.15) is 10.3 Å². The lowest BCUT2D eigenvalue weighted by molar-refractivity contribution is -0.127. The van der Waals surface area contributed by atoms with E-state index < -0.39 is 41.9 Å². The minimum atomic E-state index is -1.04. The third-order valence-corrected chi connectivity index (χ3v) is 22.1. The van der Waals surface area contributed by atoms with E-state index in [1.54, 1.807) is 171 Å². The summed E-state index contributed by atoms with van der Waals surface area (Å²) in [6.45, 7) is 2.31. The monoisotopic (exact) mass is 1830 g/mol. The van der Waals surface area contributed by atoms with Crippen LogP contribution in [0.4, 0.5) is 0 Å². The molecule has 19 nitrogen and oxygen atoms in total. The van der Waals surface area contributed by atoms with Crippen molar-refractivity contribution in [1.29, 1.82) is 5.26 Å². The molecule has 0 spiro atoms. The maximum absolute atomic E-state index is 13.7. The summed E-state index contributed by atoms with van der Waals surface area (Å²) in [4.78, 5) is 95.1. The van der Waals surface area contributed by atoms with Crippen LogP contribution in [0.3, 0.4) is 0 Å². The van der Waals surface area contributed by atoms with Crippen LogP contribution in [-0.2, 0) is 16.0 Å². The number of benzene rings is 10. The number of aromatic hydroxyl groups is 1. The van der Waals surface area contributed by atoms with Crippen LogP contribution >= 0.6 is 116 Å². The number of ketones is 1. The van der Waals surface area contributed by atoms with Gasteiger partial charge in [0, 0.05) is 57.9 Å². The summed E-state index contributed by atoms with van der Waals surface area (Å²) < 4.78 is 10.9. The lowest BCUT2D eigenvalue weighted by Gasteiger charge is -2.22. The number of aromatic nitrogens is 3. The average molecular weight is 1840 g/mol. The van der Waals surface area contributed by atoms with Gasteiger partial charge in [0.1, 0.15) is 23.7 Å². The molecule has 1 unspecified atom stereocenters. The molecule has 0 aliphatic heterocycles. The van der Waals surface area contributed by atoms with Crippen LogP contribution in [0.1, 0.15) is 158 Å². The Balaban J connectivity index is 0.000000160. The second-order valence-electron chi connectivity index (χ2n) is 27.2. The number of methoxy groups -OCH3 is 1. The van der Waals surface area contributed by atoms with Crippen LogP contribution in [0.15, 0.2) is 284 Å². The lowest BCUT2D eigenvalue weighted by atomic mass is 9.89. The predicted molar refractivity (Wildman–Crippen MR) is 485 cm³/mol. The smallest absolute Gasteiger partial charge is 0.274 e. The van der Waals surface area contributed by atoms with E-state index in [4.69, 9.17) is 136 Å². The van der Waals surface area contributed by atoms with Crippen molar-refractivity contribution in [2.24, 2.45) is 10.7 Å². The Morgan fingerprint density at radius 3 is 1.31 bits per heavy atom. The van der Waals surface area contributed by atoms with Gasteiger partial charge in [-0.15, -0.1) is 0 Å². The maximum Gasteiger partial charge on any atom is 0.274 e. The number of hydrogen-bond acceptors (Lipinski definition) is 13. The number of fused-ring (bicyclic) bond motifs is 1. The third-order valence-electron chi connectivity index (χ3n) is 19.0. The Labute approximate surface area is 759 Å². The van der Waals surface area contributed by atoms with Gasteiger partial charge >= 0.3 is 0 Å². The molecule has 4 atom stereocenters. The number of Topliss-reactive ketones (excluding diaryl/α,β-unsaturated/α-hetero) is 1. The van der Waals surface area contributed by atoms with Crippen molar-refractivity contribution in [3.8, 4) is 23.3 Å². The molecular weight excluding hydrogens is 1770 g/mol. The van der Waals surface area contributed by atoms with Crippen molar-refractivity contribution >= 4 is 157 Å². The summed E-state index contributed by atoms with van der Waals surface area (Å²) in [5.74, 6) is -1.52. The Hall–Kier alpha value is -11.9. The van der Waals surface area contributed by atoms with Gasteiger partial charge in [0.25, 0.3) is 23.6 Å². The first-order chi connectivity index (χ1) is 59.3. The van der Waals surface area contributed by atoms with Crippen molar-refractivity contribution in [3.05, 3.63) is 419 Å². The number of pyridine rings is 3. The number of rotatable bonds is 22. The number of nitrogens with two attached hydrogens (primary N) is 1. The Morgan fingerprint density at radius 2 is 0.878 bits per heavy atom. The van der Waals surface area contributed by atoms with Gasteiger partial charge in [-0.1, -0.05) is 243 Å². The second kappa shape index (κ2) is 44.3. The maximum atomic E-state index is 13.7. The average Bonchev–Trinajstić information content (AvgIpc) is 0.821. The van der Waals surface area contributed by atoms with Crippen molar-refractivity contribution in [2.45, 2.75) is 56.3 Å². The molecule has 10 aromatic carbocycles. The molecular formula is C94H72Cl10N10O9. The molecule has 14 rings (SSSR count). The van der Waals surface area contributed by atoms with E-state index in [-0.39, 0.29) is 46.2 Å². The zero-order valence-electron chi connectivity index (χ0n) is 65.1. The molecule has 123 heavy (non-hydrogen) atoms. The molecule has 0 radical (unpaired) electrons. The summed E-state index contributed by atoms with van der Waals surface area (Å²) in [5.41, 5.74) is 15.5. The van der Waals surface area contributed by atoms with Gasteiger partial charge in [-0.05, 0) is 192 Å². The fourth-order valence-corrected chi connectivity index (χ4v) is 14.2. The normalized spacial score (nSPS) is 12.4. The number of ether oxygens (including phenoxy) is 2. The summed E-state index contributed by atoms with van der Waals surface area (Å²) in [6.07, 6.45) is 6.67. The second-order valence-corrected chi connectivity index (χ2v) is 31.4. The van der Waals surface area contributed by atoms with E-state index in [1.807, 2.05) is 91.9 Å². The van der Waals surface area contributed by atoms with Crippen molar-refractivity contribution in [1.82, 2.24) is 36.2 Å². The minimum absolute atomic E-state index is 0.00311. The topological polar surface area (TPSA) is 290 Å². The minimum Gasteiger partial charge on any atom is -0.507 e. The van der Waals surface area contributed by atoms with Crippen molar-refractivity contribution in [2.75, 3.05) is 13.7 Å². The molecule has 0 fully saturated rings. The van der Waals surface area contributed by atoms with Crippen molar-refractivity contribution in [3.63, 3.8) is 0 Å². The number of amides is 5. The quantitative estimate of drug-likeness (QED) is 0.0272.